The smallest absolute Gasteiger partial charge is 0.238 e. The molecule has 4 N–H and O–H groups in total. The Morgan fingerprint density at radius 1 is 1.26 bits per heavy atom. The number of nitrogens with two attached hydrogens (primary N) is 1. The summed E-state index contributed by atoms with van der Waals surface area (Å²) in [5.74, 6) is 0. The highest BCUT2D eigenvalue weighted by atomic mass is 32.2. The van der Waals surface area contributed by atoms with Crippen LogP contribution in [0.15, 0.2) is 29.2 Å². The van der Waals surface area contributed by atoms with Gasteiger partial charge in [0, 0.05) is 30.9 Å². The van der Waals surface area contributed by atoms with Gasteiger partial charge in [0.2, 0.25) is 10.0 Å². The fraction of sp³-hybridized carbons (Fsp3) is 0.533. The third-order valence-corrected chi connectivity index (χ3v) is 5.18. The molecular formula is C15H24N4O2S2. The minimum atomic E-state index is -3.66. The zero-order valence-corrected chi connectivity index (χ0v) is 15.1. The molecular weight excluding hydrogens is 332 g/mol. The second-order valence-corrected chi connectivity index (χ2v) is 8.04. The fourth-order valence-electron chi connectivity index (χ4n) is 2.64. The summed E-state index contributed by atoms with van der Waals surface area (Å²) in [7, 11) is -3.66. The molecule has 8 heteroatoms. The van der Waals surface area contributed by atoms with Crippen LogP contribution < -0.4 is 15.8 Å². The number of benzene rings is 1. The lowest BCUT2D eigenvalue weighted by Crippen LogP contribution is -2.47. The number of hydrogen-bond donors (Lipinski definition) is 3. The Bertz CT molecular complexity index is 636. The van der Waals surface area contributed by atoms with Gasteiger partial charge in [-0.1, -0.05) is 0 Å². The van der Waals surface area contributed by atoms with E-state index in [0.717, 1.165) is 31.6 Å². The summed E-state index contributed by atoms with van der Waals surface area (Å²) in [6.45, 7) is 6.57. The molecule has 1 aromatic rings. The van der Waals surface area contributed by atoms with E-state index < -0.39 is 10.0 Å². The second-order valence-electron chi connectivity index (χ2n) is 6.07. The van der Waals surface area contributed by atoms with Crippen molar-refractivity contribution in [2.24, 2.45) is 5.14 Å². The molecule has 1 heterocycles. The van der Waals surface area contributed by atoms with Crippen LogP contribution in [-0.2, 0) is 10.0 Å². The number of rotatable bonds is 4. The van der Waals surface area contributed by atoms with Crippen LogP contribution in [0.3, 0.4) is 0 Å². The van der Waals surface area contributed by atoms with Crippen molar-refractivity contribution in [3.63, 3.8) is 0 Å². The number of nitrogens with one attached hydrogen (secondary N) is 2. The van der Waals surface area contributed by atoms with Crippen LogP contribution in [0.25, 0.3) is 0 Å². The van der Waals surface area contributed by atoms with E-state index in [1.54, 1.807) is 12.1 Å². The Morgan fingerprint density at radius 2 is 1.83 bits per heavy atom. The van der Waals surface area contributed by atoms with Gasteiger partial charge >= 0.3 is 0 Å². The first kappa shape index (κ1) is 18.1. The van der Waals surface area contributed by atoms with Crippen LogP contribution in [0.1, 0.15) is 26.7 Å². The van der Waals surface area contributed by atoms with Crippen LogP contribution in [-0.4, -0.2) is 43.6 Å². The van der Waals surface area contributed by atoms with Crippen LogP contribution >= 0.6 is 12.2 Å². The lowest BCUT2D eigenvalue weighted by atomic mass is 10.0. The van der Waals surface area contributed by atoms with E-state index >= 15 is 0 Å². The van der Waals surface area contributed by atoms with Crippen molar-refractivity contribution < 1.29 is 8.42 Å². The summed E-state index contributed by atoms with van der Waals surface area (Å²) >= 11 is 5.33. The van der Waals surface area contributed by atoms with Gasteiger partial charge in [-0.25, -0.2) is 13.6 Å². The van der Waals surface area contributed by atoms with Crippen molar-refractivity contribution in [1.82, 2.24) is 10.2 Å². The Balaban J connectivity index is 1.84. The summed E-state index contributed by atoms with van der Waals surface area (Å²) in [5.41, 5.74) is 0.731. The molecule has 0 aliphatic carbocycles. The quantitative estimate of drug-likeness (QED) is 0.709. The topological polar surface area (TPSA) is 87.5 Å². The van der Waals surface area contributed by atoms with Crippen LogP contribution in [0, 0.1) is 0 Å². The van der Waals surface area contributed by atoms with Gasteiger partial charge in [-0.15, -0.1) is 0 Å². The van der Waals surface area contributed by atoms with Gasteiger partial charge in [-0.2, -0.15) is 0 Å². The van der Waals surface area contributed by atoms with Gasteiger partial charge in [0.05, 0.1) is 4.90 Å². The van der Waals surface area contributed by atoms with Gasteiger partial charge in [0.1, 0.15) is 0 Å². The number of hydrogen-bond acceptors (Lipinski definition) is 4. The molecule has 0 aromatic heterocycles. The number of thiocarbonyl (C=S) groups is 1. The van der Waals surface area contributed by atoms with Gasteiger partial charge in [0.25, 0.3) is 0 Å². The SMILES string of the molecule is CC(C)N1CCC(NC(=S)Nc2ccc(S(N)(=O)=O)cc2)CC1. The van der Waals surface area contributed by atoms with E-state index in [4.69, 9.17) is 17.4 Å². The number of nitrogens with zero attached hydrogens (tertiary/aromatic N) is 1. The standard InChI is InChI=1S/C15H24N4O2S2/c1-11(2)19-9-7-13(8-10-19)18-15(22)17-12-3-5-14(6-4-12)23(16,20)21/h3-6,11,13H,7-10H2,1-2H3,(H2,16,20,21)(H2,17,18,22). The number of primary sulfonamides is 1. The molecule has 6 nitrogen and oxygen atoms in total. The van der Waals surface area contributed by atoms with Crippen molar-refractivity contribution >= 4 is 33.0 Å². The first-order valence-corrected chi connectivity index (χ1v) is 9.65. The van der Waals surface area contributed by atoms with E-state index in [1.165, 1.54) is 12.1 Å². The van der Waals surface area contributed by atoms with E-state index in [-0.39, 0.29) is 4.90 Å². The van der Waals surface area contributed by atoms with Crippen molar-refractivity contribution in [3.8, 4) is 0 Å². The maximum absolute atomic E-state index is 11.2. The van der Waals surface area contributed by atoms with Gasteiger partial charge in [0.15, 0.2) is 5.11 Å². The van der Waals surface area contributed by atoms with E-state index in [9.17, 15) is 8.42 Å². The summed E-state index contributed by atoms with van der Waals surface area (Å²) in [6, 6.07) is 7.17. The number of piperidine rings is 1. The molecule has 2 rings (SSSR count). The summed E-state index contributed by atoms with van der Waals surface area (Å²) < 4.78 is 22.4. The molecule has 0 saturated carbocycles. The molecule has 128 valence electrons. The third-order valence-electron chi connectivity index (χ3n) is 4.04. The molecule has 1 aromatic carbocycles. The van der Waals surface area contributed by atoms with Crippen LogP contribution in [0.4, 0.5) is 5.69 Å². The summed E-state index contributed by atoms with van der Waals surface area (Å²) in [6.07, 6.45) is 2.12. The number of sulfonamides is 1. The molecule has 1 fully saturated rings. The molecule has 1 aliphatic heterocycles. The first-order valence-electron chi connectivity index (χ1n) is 7.70. The predicted molar refractivity (Wildman–Crippen MR) is 96.9 cm³/mol. The Morgan fingerprint density at radius 3 is 2.30 bits per heavy atom. The van der Waals surface area contributed by atoms with E-state index in [1.807, 2.05) is 0 Å². The minimum Gasteiger partial charge on any atom is -0.360 e. The lowest BCUT2D eigenvalue weighted by Gasteiger charge is -2.35. The summed E-state index contributed by atoms with van der Waals surface area (Å²) in [5, 5.41) is 12.0. The molecule has 0 atom stereocenters. The molecule has 0 amide bonds. The zero-order valence-electron chi connectivity index (χ0n) is 13.5. The maximum atomic E-state index is 11.2. The van der Waals surface area contributed by atoms with Crippen LogP contribution in [0.2, 0.25) is 0 Å². The Hall–Kier alpha value is -1.22. The van der Waals surface area contributed by atoms with Crippen molar-refractivity contribution in [2.45, 2.75) is 43.7 Å². The van der Waals surface area contributed by atoms with Crippen LogP contribution in [0.5, 0.6) is 0 Å². The Labute approximate surface area is 143 Å². The lowest BCUT2D eigenvalue weighted by molar-refractivity contribution is 0.168. The molecule has 0 bridgehead atoms. The zero-order chi connectivity index (χ0) is 17.0. The predicted octanol–water partition coefficient (Wildman–Crippen LogP) is 1.49. The van der Waals surface area contributed by atoms with Crippen molar-refractivity contribution in [1.29, 1.82) is 0 Å². The fourth-order valence-corrected chi connectivity index (χ4v) is 3.44. The molecule has 1 saturated heterocycles. The number of likely N-dealkylation sites (tertiary alicyclic amines) is 1. The highest BCUT2D eigenvalue weighted by Crippen LogP contribution is 2.15. The first-order chi connectivity index (χ1) is 10.8. The molecule has 23 heavy (non-hydrogen) atoms. The molecule has 0 spiro atoms. The van der Waals surface area contributed by atoms with Crippen molar-refractivity contribution in [3.05, 3.63) is 24.3 Å². The average molecular weight is 357 g/mol. The number of anilines is 1. The monoisotopic (exact) mass is 356 g/mol. The van der Waals surface area contributed by atoms with E-state index in [0.29, 0.717) is 17.2 Å². The van der Waals surface area contributed by atoms with Gasteiger partial charge in [-0.3, -0.25) is 0 Å². The largest absolute Gasteiger partial charge is 0.360 e. The summed E-state index contributed by atoms with van der Waals surface area (Å²) in [4.78, 5) is 2.55. The highest BCUT2D eigenvalue weighted by Gasteiger charge is 2.21. The third kappa shape index (κ3) is 5.42. The minimum absolute atomic E-state index is 0.0861. The normalized spacial score (nSPS) is 17.2. The molecule has 1 aliphatic rings. The Kier molecular flexibility index (Phi) is 5.96. The maximum Gasteiger partial charge on any atom is 0.238 e. The molecule has 0 radical (unpaired) electrons. The molecule has 0 unspecified atom stereocenters. The second kappa shape index (κ2) is 7.57. The van der Waals surface area contributed by atoms with Gasteiger partial charge in [-0.05, 0) is 63.2 Å². The average Bonchev–Trinajstić information content (AvgIpc) is 2.47. The van der Waals surface area contributed by atoms with Gasteiger partial charge < -0.3 is 15.5 Å². The van der Waals surface area contributed by atoms with Crippen molar-refractivity contribution in [2.75, 3.05) is 18.4 Å². The van der Waals surface area contributed by atoms with E-state index in [2.05, 4.69) is 29.4 Å². The highest BCUT2D eigenvalue weighted by molar-refractivity contribution is 7.89.